The third kappa shape index (κ3) is 1.94. The van der Waals surface area contributed by atoms with Crippen LogP contribution in [0, 0.1) is 5.92 Å². The highest BCUT2D eigenvalue weighted by atomic mass is 33.1. The molecule has 70 valence electrons. The summed E-state index contributed by atoms with van der Waals surface area (Å²) in [5.41, 5.74) is 0. The van der Waals surface area contributed by atoms with Crippen LogP contribution in [-0.4, -0.2) is 36.0 Å². The van der Waals surface area contributed by atoms with Crippen molar-refractivity contribution in [1.29, 1.82) is 0 Å². The Bertz CT molecular complexity index is 145. The fraction of sp³-hybridized carbons (Fsp3) is 1.00. The Labute approximate surface area is 83.1 Å². The number of likely N-dealkylation sites (tertiary alicyclic amines) is 1. The van der Waals surface area contributed by atoms with Crippen LogP contribution in [0.25, 0.3) is 0 Å². The van der Waals surface area contributed by atoms with Gasteiger partial charge in [-0.15, -0.1) is 0 Å². The predicted molar refractivity (Wildman–Crippen MR) is 58.7 cm³/mol. The summed E-state index contributed by atoms with van der Waals surface area (Å²) < 4.78 is 0. The number of nitrogens with zero attached hydrogens (tertiary/aromatic N) is 1. The maximum absolute atomic E-state index is 2.58. The van der Waals surface area contributed by atoms with E-state index < -0.39 is 0 Å². The maximum atomic E-state index is 2.58. The molecular formula is C9H17NS2. The van der Waals surface area contributed by atoms with Crippen LogP contribution < -0.4 is 0 Å². The molecule has 12 heavy (non-hydrogen) atoms. The van der Waals surface area contributed by atoms with Crippen molar-refractivity contribution in [2.45, 2.75) is 25.3 Å². The van der Waals surface area contributed by atoms with Gasteiger partial charge in [0.1, 0.15) is 0 Å². The Morgan fingerprint density at radius 3 is 2.58 bits per heavy atom. The minimum Gasteiger partial charge on any atom is -0.303 e. The fourth-order valence-electron chi connectivity index (χ4n) is 2.24. The van der Waals surface area contributed by atoms with Crippen LogP contribution in [-0.2, 0) is 0 Å². The first kappa shape index (κ1) is 9.22. The molecule has 0 amide bonds. The fourth-order valence-corrected chi connectivity index (χ4v) is 5.24. The first-order valence-corrected chi connectivity index (χ1v) is 7.31. The molecule has 0 aliphatic carbocycles. The maximum Gasteiger partial charge on any atom is 0.0137 e. The molecule has 0 N–H and O–H groups in total. The van der Waals surface area contributed by atoms with Crippen LogP contribution in [0.5, 0.6) is 0 Å². The lowest BCUT2D eigenvalue weighted by Gasteiger charge is -2.35. The molecular weight excluding hydrogens is 186 g/mol. The van der Waals surface area contributed by atoms with Gasteiger partial charge in [0.2, 0.25) is 0 Å². The van der Waals surface area contributed by atoms with Gasteiger partial charge in [-0.25, -0.2) is 0 Å². The predicted octanol–water partition coefficient (Wildman–Crippen LogP) is 2.48. The highest BCUT2D eigenvalue weighted by Gasteiger charge is 2.30. The minimum atomic E-state index is 0.904. The van der Waals surface area contributed by atoms with Gasteiger partial charge in [-0.05, 0) is 32.4 Å². The van der Waals surface area contributed by atoms with Gasteiger partial charge in [0, 0.05) is 17.5 Å². The van der Waals surface area contributed by atoms with E-state index in [1.54, 1.807) is 0 Å². The second-order valence-corrected chi connectivity index (χ2v) is 6.43. The zero-order chi connectivity index (χ0) is 8.39. The van der Waals surface area contributed by atoms with Gasteiger partial charge in [0.15, 0.2) is 0 Å². The Kier molecular flexibility index (Phi) is 3.27. The molecule has 1 nitrogen and oxygen atoms in total. The molecule has 1 unspecified atom stereocenters. The Morgan fingerprint density at radius 1 is 1.17 bits per heavy atom. The van der Waals surface area contributed by atoms with Gasteiger partial charge >= 0.3 is 0 Å². The topological polar surface area (TPSA) is 3.24 Å². The lowest BCUT2D eigenvalue weighted by Crippen LogP contribution is -2.42. The summed E-state index contributed by atoms with van der Waals surface area (Å²) in [5, 5.41) is 0. The van der Waals surface area contributed by atoms with Crippen molar-refractivity contribution >= 4 is 21.6 Å². The van der Waals surface area contributed by atoms with Gasteiger partial charge in [-0.1, -0.05) is 28.0 Å². The summed E-state index contributed by atoms with van der Waals surface area (Å²) in [5.74, 6) is 3.75. The standard InChI is InChI=1S/C9H17NS2/c1-10-5-3-2-4-9(10)8-6-11-12-7-8/h8-9H,2-7H2,1H3. The highest BCUT2D eigenvalue weighted by molar-refractivity contribution is 8.77. The van der Waals surface area contributed by atoms with Crippen LogP contribution in [0.3, 0.4) is 0 Å². The molecule has 2 aliphatic heterocycles. The van der Waals surface area contributed by atoms with E-state index >= 15 is 0 Å². The van der Waals surface area contributed by atoms with Gasteiger partial charge in [-0.3, -0.25) is 0 Å². The monoisotopic (exact) mass is 203 g/mol. The molecule has 0 spiro atoms. The molecule has 2 aliphatic rings. The van der Waals surface area contributed by atoms with Gasteiger partial charge in [-0.2, -0.15) is 0 Å². The summed E-state index contributed by atoms with van der Waals surface area (Å²) in [7, 11) is 6.44. The average Bonchev–Trinajstić information content (AvgIpc) is 2.57. The van der Waals surface area contributed by atoms with Crippen molar-refractivity contribution in [2.24, 2.45) is 5.92 Å². The van der Waals surface area contributed by atoms with Crippen molar-refractivity contribution in [3.63, 3.8) is 0 Å². The van der Waals surface area contributed by atoms with Crippen LogP contribution in [0.4, 0.5) is 0 Å². The summed E-state index contributed by atoms with van der Waals surface area (Å²) in [4.78, 5) is 2.58. The van der Waals surface area contributed by atoms with E-state index in [9.17, 15) is 0 Å². The van der Waals surface area contributed by atoms with Gasteiger partial charge < -0.3 is 4.90 Å². The Hall–Kier alpha value is 0.660. The summed E-state index contributed by atoms with van der Waals surface area (Å²) in [6.07, 6.45) is 4.32. The second kappa shape index (κ2) is 4.25. The smallest absolute Gasteiger partial charge is 0.0137 e. The van der Waals surface area contributed by atoms with E-state index in [0.717, 1.165) is 12.0 Å². The normalized spacial score (nSPS) is 34.2. The van der Waals surface area contributed by atoms with Crippen molar-refractivity contribution < 1.29 is 0 Å². The largest absolute Gasteiger partial charge is 0.303 e. The number of piperidine rings is 1. The second-order valence-electron chi connectivity index (χ2n) is 3.87. The summed E-state index contributed by atoms with van der Waals surface area (Å²) >= 11 is 0. The van der Waals surface area contributed by atoms with E-state index in [-0.39, 0.29) is 0 Å². The van der Waals surface area contributed by atoms with E-state index in [2.05, 4.69) is 33.5 Å². The molecule has 2 saturated heterocycles. The molecule has 3 heteroatoms. The number of hydrogen-bond donors (Lipinski definition) is 0. The zero-order valence-electron chi connectivity index (χ0n) is 7.66. The Morgan fingerprint density at radius 2 is 1.92 bits per heavy atom. The third-order valence-electron chi connectivity index (χ3n) is 3.02. The average molecular weight is 203 g/mol. The molecule has 0 aromatic rings. The summed E-state index contributed by atoms with van der Waals surface area (Å²) in [6.45, 7) is 1.33. The van der Waals surface area contributed by atoms with Crippen molar-refractivity contribution in [3.8, 4) is 0 Å². The lowest BCUT2D eigenvalue weighted by molar-refractivity contribution is 0.148. The number of hydrogen-bond acceptors (Lipinski definition) is 3. The molecule has 0 aromatic carbocycles. The summed E-state index contributed by atoms with van der Waals surface area (Å²) in [6, 6.07) is 0.904. The van der Waals surface area contributed by atoms with Crippen molar-refractivity contribution in [1.82, 2.24) is 4.90 Å². The number of rotatable bonds is 1. The molecule has 2 heterocycles. The molecule has 2 rings (SSSR count). The quantitative estimate of drug-likeness (QED) is 0.603. The first-order valence-electron chi connectivity index (χ1n) is 4.82. The van der Waals surface area contributed by atoms with Crippen LogP contribution >= 0.6 is 21.6 Å². The van der Waals surface area contributed by atoms with E-state index in [4.69, 9.17) is 0 Å². The molecule has 1 atom stereocenters. The lowest BCUT2D eigenvalue weighted by atomic mass is 9.93. The van der Waals surface area contributed by atoms with Crippen LogP contribution in [0.15, 0.2) is 0 Å². The molecule has 0 aromatic heterocycles. The van der Waals surface area contributed by atoms with Crippen LogP contribution in [0.1, 0.15) is 19.3 Å². The van der Waals surface area contributed by atoms with Crippen molar-refractivity contribution in [2.75, 3.05) is 25.1 Å². The molecule has 0 saturated carbocycles. The van der Waals surface area contributed by atoms with E-state index in [1.165, 1.54) is 37.3 Å². The molecule has 0 radical (unpaired) electrons. The van der Waals surface area contributed by atoms with Gasteiger partial charge in [0.25, 0.3) is 0 Å². The Balaban J connectivity index is 1.91. The minimum absolute atomic E-state index is 0.904. The first-order chi connectivity index (χ1) is 5.88. The van der Waals surface area contributed by atoms with E-state index in [0.29, 0.717) is 0 Å². The van der Waals surface area contributed by atoms with Crippen LogP contribution in [0.2, 0.25) is 0 Å². The molecule has 2 fully saturated rings. The van der Waals surface area contributed by atoms with Crippen molar-refractivity contribution in [3.05, 3.63) is 0 Å². The van der Waals surface area contributed by atoms with Gasteiger partial charge in [0.05, 0.1) is 0 Å². The third-order valence-corrected chi connectivity index (χ3v) is 5.63. The zero-order valence-corrected chi connectivity index (χ0v) is 9.29. The highest BCUT2D eigenvalue weighted by Crippen LogP contribution is 2.39. The molecule has 0 bridgehead atoms. The van der Waals surface area contributed by atoms with E-state index in [1.807, 2.05) is 0 Å². The SMILES string of the molecule is CN1CCCCC1C1CSSC1.